The number of anilines is 1. The van der Waals surface area contributed by atoms with Crippen LogP contribution in [0.3, 0.4) is 0 Å². The van der Waals surface area contributed by atoms with Crippen molar-refractivity contribution in [2.24, 2.45) is 4.99 Å². The van der Waals surface area contributed by atoms with E-state index in [1.165, 1.54) is 0 Å². The second-order valence-corrected chi connectivity index (χ2v) is 7.75. The summed E-state index contributed by atoms with van der Waals surface area (Å²) in [5.41, 5.74) is 1.64. The number of carbonyl (C=O) groups is 1. The maximum absolute atomic E-state index is 13.1. The van der Waals surface area contributed by atoms with Crippen molar-refractivity contribution in [3.8, 4) is 0 Å². The number of carbonyl (C=O) groups excluding carboxylic acids is 1. The number of benzene rings is 1. The van der Waals surface area contributed by atoms with Crippen LogP contribution in [0.15, 0.2) is 76.0 Å². The molecule has 0 fully saturated rings. The number of amidine groups is 1. The molecule has 0 N–H and O–H groups in total. The Bertz CT molecular complexity index is 972. The van der Waals surface area contributed by atoms with Crippen LogP contribution >= 0.6 is 40.2 Å². The van der Waals surface area contributed by atoms with E-state index in [1.54, 1.807) is 23.2 Å². The number of halogens is 2. The van der Waals surface area contributed by atoms with Crippen LogP contribution in [0.4, 0.5) is 5.69 Å². The zero-order valence-electron chi connectivity index (χ0n) is 14.0. The average molecular weight is 462 g/mol. The number of aliphatic imine (C=N–C) groups is 1. The molecular formula is C19H14BrClN4OS. The molecule has 3 heterocycles. The predicted octanol–water partition coefficient (Wildman–Crippen LogP) is 4.41. The van der Waals surface area contributed by atoms with Gasteiger partial charge in [-0.05, 0) is 48.0 Å². The zero-order chi connectivity index (χ0) is 19.0. The number of hydrogen-bond donors (Lipinski definition) is 1. The highest BCUT2D eigenvalue weighted by molar-refractivity contribution is 9.10. The van der Waals surface area contributed by atoms with E-state index in [-0.39, 0.29) is 5.91 Å². The van der Waals surface area contributed by atoms with Crippen molar-refractivity contribution in [2.45, 2.75) is 12.0 Å². The van der Waals surface area contributed by atoms with E-state index >= 15 is 0 Å². The van der Waals surface area contributed by atoms with Crippen LogP contribution in [0.1, 0.15) is 5.56 Å². The van der Waals surface area contributed by atoms with Gasteiger partial charge in [-0.25, -0.2) is 9.98 Å². The Morgan fingerprint density at radius 2 is 1.96 bits per heavy atom. The number of amides is 1. The Morgan fingerprint density at radius 1 is 1.19 bits per heavy atom. The lowest BCUT2D eigenvalue weighted by molar-refractivity contribution is -0.115. The Hall–Kier alpha value is -2.09. The summed E-state index contributed by atoms with van der Waals surface area (Å²) < 4.78 is 0.943. The Balaban J connectivity index is 1.65. The number of allylic oxidation sites excluding steroid dienone is 2. The number of fused-ring (bicyclic) bond motifs is 1. The summed E-state index contributed by atoms with van der Waals surface area (Å²) in [5.74, 6) is 0.469. The van der Waals surface area contributed by atoms with Crippen LogP contribution in [0.2, 0.25) is 5.15 Å². The molecule has 1 aromatic heterocycles. The third-order valence-corrected chi connectivity index (χ3v) is 5.30. The average Bonchev–Trinajstić information content (AvgIpc) is 2.66. The largest absolute Gasteiger partial charge is 0.328 e. The van der Waals surface area contributed by atoms with Crippen molar-refractivity contribution in [3.05, 3.63) is 81.7 Å². The smallest absolute Gasteiger partial charge is 0.264 e. The van der Waals surface area contributed by atoms with Gasteiger partial charge in [0.15, 0.2) is 5.50 Å². The van der Waals surface area contributed by atoms with Crippen molar-refractivity contribution in [1.82, 2.24) is 9.88 Å². The van der Waals surface area contributed by atoms with Gasteiger partial charge in [0.1, 0.15) is 11.0 Å². The molecule has 8 heteroatoms. The monoisotopic (exact) mass is 460 g/mol. The molecule has 2 aliphatic heterocycles. The second kappa shape index (κ2) is 7.50. The van der Waals surface area contributed by atoms with Gasteiger partial charge in [0, 0.05) is 22.6 Å². The fourth-order valence-electron chi connectivity index (χ4n) is 2.93. The summed E-state index contributed by atoms with van der Waals surface area (Å²) in [6.07, 6.45) is 7.23. The van der Waals surface area contributed by atoms with E-state index in [9.17, 15) is 4.79 Å². The summed E-state index contributed by atoms with van der Waals surface area (Å²) >= 11 is 13.8. The summed E-state index contributed by atoms with van der Waals surface area (Å²) in [6.45, 7) is 0.531. The number of aromatic nitrogens is 1. The van der Waals surface area contributed by atoms with E-state index in [4.69, 9.17) is 11.6 Å². The van der Waals surface area contributed by atoms with Crippen LogP contribution in [0.25, 0.3) is 0 Å². The van der Waals surface area contributed by atoms with Crippen molar-refractivity contribution in [2.75, 3.05) is 4.90 Å². The van der Waals surface area contributed by atoms with E-state index in [0.717, 1.165) is 15.7 Å². The van der Waals surface area contributed by atoms with Crippen molar-refractivity contribution in [3.63, 3.8) is 0 Å². The fraction of sp³-hybridized carbons (Fsp3) is 0.105. The maximum atomic E-state index is 13.1. The quantitative estimate of drug-likeness (QED) is 0.544. The minimum absolute atomic E-state index is 0.133. The molecular weight excluding hydrogens is 448 g/mol. The van der Waals surface area contributed by atoms with Gasteiger partial charge in [-0.1, -0.05) is 33.6 Å². The summed E-state index contributed by atoms with van der Waals surface area (Å²) in [6, 6.07) is 11.1. The fourth-order valence-corrected chi connectivity index (χ4v) is 3.66. The first-order valence-electron chi connectivity index (χ1n) is 8.14. The molecule has 5 nitrogen and oxygen atoms in total. The van der Waals surface area contributed by atoms with Gasteiger partial charge >= 0.3 is 0 Å². The first-order valence-corrected chi connectivity index (χ1v) is 9.82. The van der Waals surface area contributed by atoms with Crippen LogP contribution in [-0.2, 0) is 11.3 Å². The molecule has 1 atom stereocenters. The molecule has 0 bridgehead atoms. The Labute approximate surface area is 175 Å². The van der Waals surface area contributed by atoms with Gasteiger partial charge in [0.25, 0.3) is 5.91 Å². The lowest BCUT2D eigenvalue weighted by atomic mass is 10.1. The van der Waals surface area contributed by atoms with E-state index < -0.39 is 5.50 Å². The number of rotatable bonds is 3. The minimum atomic E-state index is -0.608. The number of pyridine rings is 1. The third kappa shape index (κ3) is 3.67. The molecule has 1 aromatic carbocycles. The SMILES string of the molecule is O=C1C2=CC=CN(Cc3ccc(Cl)nc3)C2=NC(S)N1c1ccc(Br)cc1. The van der Waals surface area contributed by atoms with Crippen molar-refractivity contribution in [1.29, 1.82) is 0 Å². The van der Waals surface area contributed by atoms with Crippen LogP contribution in [0.5, 0.6) is 0 Å². The van der Waals surface area contributed by atoms with E-state index in [2.05, 4.69) is 38.5 Å². The first-order chi connectivity index (χ1) is 13.0. The van der Waals surface area contributed by atoms with Gasteiger partial charge in [0.2, 0.25) is 0 Å². The zero-order valence-corrected chi connectivity index (χ0v) is 17.2. The molecule has 136 valence electrons. The molecule has 0 radical (unpaired) electrons. The normalized spacial score (nSPS) is 18.9. The molecule has 0 aliphatic carbocycles. The topological polar surface area (TPSA) is 48.8 Å². The van der Waals surface area contributed by atoms with Crippen molar-refractivity contribution < 1.29 is 4.79 Å². The molecule has 27 heavy (non-hydrogen) atoms. The summed E-state index contributed by atoms with van der Waals surface area (Å²) in [5, 5.41) is 0.444. The minimum Gasteiger partial charge on any atom is -0.328 e. The number of nitrogens with zero attached hydrogens (tertiary/aromatic N) is 4. The van der Waals surface area contributed by atoms with E-state index in [0.29, 0.717) is 23.1 Å². The standard InChI is InChI=1S/C19H14BrClN4OS/c20-13-4-6-14(7-5-13)25-18(26)15-2-1-9-24(17(15)23-19(25)27)11-12-3-8-16(21)22-10-12/h1-10,19,27H,11H2. The summed E-state index contributed by atoms with van der Waals surface area (Å²) in [4.78, 5) is 25.4. The molecule has 4 rings (SSSR count). The highest BCUT2D eigenvalue weighted by atomic mass is 79.9. The van der Waals surface area contributed by atoms with E-state index in [1.807, 2.05) is 47.5 Å². The molecule has 0 saturated heterocycles. The van der Waals surface area contributed by atoms with Gasteiger partial charge in [-0.3, -0.25) is 9.69 Å². The molecule has 1 amide bonds. The maximum Gasteiger partial charge on any atom is 0.264 e. The number of hydrogen-bond acceptors (Lipinski definition) is 5. The van der Waals surface area contributed by atoms with Crippen LogP contribution < -0.4 is 4.90 Å². The molecule has 2 aliphatic rings. The number of thiol groups is 1. The predicted molar refractivity (Wildman–Crippen MR) is 114 cm³/mol. The second-order valence-electron chi connectivity index (χ2n) is 5.99. The third-order valence-electron chi connectivity index (χ3n) is 4.21. The van der Waals surface area contributed by atoms with Gasteiger partial charge < -0.3 is 4.90 Å². The molecule has 1 unspecified atom stereocenters. The van der Waals surface area contributed by atoms with Crippen LogP contribution in [0, 0.1) is 0 Å². The van der Waals surface area contributed by atoms with Crippen LogP contribution in [-0.4, -0.2) is 27.1 Å². The highest BCUT2D eigenvalue weighted by Crippen LogP contribution is 2.30. The lowest BCUT2D eigenvalue weighted by Crippen LogP contribution is -2.47. The Morgan fingerprint density at radius 3 is 2.67 bits per heavy atom. The van der Waals surface area contributed by atoms with Gasteiger partial charge in [0.05, 0.1) is 12.1 Å². The lowest BCUT2D eigenvalue weighted by Gasteiger charge is -2.36. The first kappa shape index (κ1) is 18.3. The highest BCUT2D eigenvalue weighted by Gasteiger charge is 2.35. The molecule has 0 spiro atoms. The Kier molecular flexibility index (Phi) is 5.08. The summed E-state index contributed by atoms with van der Waals surface area (Å²) in [7, 11) is 0. The molecule has 0 saturated carbocycles. The molecule has 2 aromatic rings. The van der Waals surface area contributed by atoms with Gasteiger partial charge in [-0.15, -0.1) is 12.6 Å². The van der Waals surface area contributed by atoms with Crippen molar-refractivity contribution >= 4 is 57.6 Å². The van der Waals surface area contributed by atoms with Gasteiger partial charge in [-0.2, -0.15) is 0 Å².